The lowest BCUT2D eigenvalue weighted by Gasteiger charge is -2.37. The van der Waals surface area contributed by atoms with Crippen molar-refractivity contribution in [2.45, 2.75) is 47.0 Å². The van der Waals surface area contributed by atoms with Gasteiger partial charge in [0.05, 0.1) is 12.7 Å². The first kappa shape index (κ1) is 22.6. The molecule has 0 heterocycles. The molecule has 0 saturated carbocycles. The van der Waals surface area contributed by atoms with Gasteiger partial charge in [0, 0.05) is 5.56 Å². The fourth-order valence-corrected chi connectivity index (χ4v) is 4.50. The number of allylic oxidation sites excluding steroid dienone is 5. The monoisotopic (exact) mass is 416 g/mol. The van der Waals surface area contributed by atoms with Crippen molar-refractivity contribution < 1.29 is 14.3 Å². The van der Waals surface area contributed by atoms with E-state index in [-0.39, 0.29) is 5.41 Å². The van der Waals surface area contributed by atoms with E-state index in [1.807, 2.05) is 36.4 Å². The van der Waals surface area contributed by atoms with Gasteiger partial charge in [-0.1, -0.05) is 50.3 Å². The maximum atomic E-state index is 12.7. The molecule has 0 radical (unpaired) electrons. The van der Waals surface area contributed by atoms with Gasteiger partial charge in [0.15, 0.2) is 0 Å². The molecule has 2 aromatic carbocycles. The molecule has 31 heavy (non-hydrogen) atoms. The van der Waals surface area contributed by atoms with E-state index >= 15 is 0 Å². The number of methoxy groups -OCH3 is 1. The number of benzene rings is 2. The minimum atomic E-state index is -0.407. The normalized spacial score (nSPS) is 16.4. The molecule has 0 fully saturated rings. The van der Waals surface area contributed by atoms with Gasteiger partial charge in [-0.2, -0.15) is 0 Å². The molecule has 0 aromatic heterocycles. The Kier molecular flexibility index (Phi) is 6.84. The summed E-state index contributed by atoms with van der Waals surface area (Å²) in [5.74, 6) is 0.763. The van der Waals surface area contributed by atoms with Crippen LogP contribution in [-0.2, 0) is 0 Å². The molecule has 0 spiro atoms. The summed E-state index contributed by atoms with van der Waals surface area (Å²) in [7, 11) is 1.64. The molecule has 0 bridgehead atoms. The van der Waals surface area contributed by atoms with Crippen LogP contribution in [0.3, 0.4) is 0 Å². The number of para-hydroxylation sites is 1. The summed E-state index contributed by atoms with van der Waals surface area (Å²) < 4.78 is 11.3. The van der Waals surface area contributed by atoms with Gasteiger partial charge in [-0.25, -0.2) is 4.79 Å². The summed E-state index contributed by atoms with van der Waals surface area (Å²) >= 11 is 0. The molecule has 0 amide bonds. The fourth-order valence-electron chi connectivity index (χ4n) is 4.50. The number of carbonyl (C=O) groups excluding carboxylic acids is 1. The second kappa shape index (κ2) is 9.38. The highest BCUT2D eigenvalue weighted by Crippen LogP contribution is 2.49. The Labute approximate surface area is 186 Å². The number of hydrogen-bond acceptors (Lipinski definition) is 3. The standard InChI is InChI=1S/C28H32O3/c1-7-19(2)25(26-20(3)12-11-17-28(26,4)5)23-16-15-21(18-24(23)30-6)27(29)31-22-13-9-8-10-14-22/h7-10,13-16,18H,1,11-12,17H2,2-6H3. The van der Waals surface area contributed by atoms with Gasteiger partial charge in [-0.3, -0.25) is 0 Å². The van der Waals surface area contributed by atoms with Crippen molar-refractivity contribution in [2.75, 3.05) is 7.11 Å². The number of rotatable bonds is 6. The van der Waals surface area contributed by atoms with Crippen molar-refractivity contribution in [3.8, 4) is 11.5 Å². The van der Waals surface area contributed by atoms with E-state index in [0.29, 0.717) is 17.1 Å². The van der Waals surface area contributed by atoms with Gasteiger partial charge < -0.3 is 9.47 Å². The minimum absolute atomic E-state index is 0.0534. The lowest BCUT2D eigenvalue weighted by molar-refractivity contribution is 0.0734. The van der Waals surface area contributed by atoms with Crippen LogP contribution in [0.4, 0.5) is 0 Å². The minimum Gasteiger partial charge on any atom is -0.496 e. The van der Waals surface area contributed by atoms with E-state index in [0.717, 1.165) is 29.6 Å². The predicted octanol–water partition coefficient (Wildman–Crippen LogP) is 7.40. The summed E-state index contributed by atoms with van der Waals surface area (Å²) in [6, 6.07) is 14.6. The van der Waals surface area contributed by atoms with E-state index in [4.69, 9.17) is 9.47 Å². The largest absolute Gasteiger partial charge is 0.496 e. The third-order valence-electron chi connectivity index (χ3n) is 6.07. The number of carbonyl (C=O) groups is 1. The van der Waals surface area contributed by atoms with Crippen molar-refractivity contribution in [3.63, 3.8) is 0 Å². The van der Waals surface area contributed by atoms with Crippen molar-refractivity contribution >= 4 is 11.5 Å². The lowest BCUT2D eigenvalue weighted by Crippen LogP contribution is -2.22. The lowest BCUT2D eigenvalue weighted by atomic mass is 9.68. The Balaban J connectivity index is 2.08. The third kappa shape index (κ3) is 4.82. The molecule has 0 N–H and O–H groups in total. The maximum absolute atomic E-state index is 12.7. The smallest absolute Gasteiger partial charge is 0.343 e. The molecule has 0 saturated heterocycles. The molecule has 0 atom stereocenters. The van der Waals surface area contributed by atoms with Crippen LogP contribution in [0.1, 0.15) is 62.9 Å². The van der Waals surface area contributed by atoms with Crippen LogP contribution in [-0.4, -0.2) is 13.1 Å². The summed E-state index contributed by atoms with van der Waals surface area (Å²) in [6.07, 6.45) is 5.33. The highest BCUT2D eigenvalue weighted by molar-refractivity contribution is 5.94. The molecule has 1 aliphatic rings. The average Bonchev–Trinajstić information content (AvgIpc) is 2.76. The van der Waals surface area contributed by atoms with Gasteiger partial charge in [0.1, 0.15) is 11.5 Å². The zero-order chi connectivity index (χ0) is 22.6. The highest BCUT2D eigenvalue weighted by atomic mass is 16.5. The van der Waals surface area contributed by atoms with E-state index in [1.54, 1.807) is 25.3 Å². The Hall–Kier alpha value is -3.07. The average molecular weight is 417 g/mol. The van der Waals surface area contributed by atoms with Crippen molar-refractivity contribution in [1.29, 1.82) is 0 Å². The second-order valence-electron chi connectivity index (χ2n) is 8.77. The molecule has 3 rings (SSSR count). The Morgan fingerprint density at radius 3 is 2.45 bits per heavy atom. The quantitative estimate of drug-likeness (QED) is 0.279. The molecule has 0 unspecified atom stereocenters. The molecular formula is C28H32O3. The molecule has 1 aliphatic carbocycles. The van der Waals surface area contributed by atoms with Crippen LogP contribution in [0.5, 0.6) is 11.5 Å². The fraction of sp³-hybridized carbons (Fsp3) is 0.321. The van der Waals surface area contributed by atoms with Crippen LogP contribution in [0.15, 0.2) is 77.9 Å². The first-order valence-corrected chi connectivity index (χ1v) is 10.8. The first-order valence-electron chi connectivity index (χ1n) is 10.8. The summed E-state index contributed by atoms with van der Waals surface area (Å²) in [4.78, 5) is 12.7. The van der Waals surface area contributed by atoms with E-state index < -0.39 is 5.97 Å². The SMILES string of the molecule is C=CC(C)=C(C1=C(C)CCCC1(C)C)c1ccc(C(=O)Oc2ccccc2)cc1OC. The molecule has 0 aliphatic heterocycles. The predicted molar refractivity (Wildman–Crippen MR) is 128 cm³/mol. The molecular weight excluding hydrogens is 384 g/mol. The number of ether oxygens (including phenoxy) is 2. The topological polar surface area (TPSA) is 35.5 Å². The molecule has 162 valence electrons. The van der Waals surface area contributed by atoms with Gasteiger partial charge in [0.25, 0.3) is 0 Å². The Bertz CT molecular complexity index is 1040. The van der Waals surface area contributed by atoms with Gasteiger partial charge in [-0.15, -0.1) is 0 Å². The molecule has 2 aromatic rings. The first-order chi connectivity index (χ1) is 14.8. The summed E-state index contributed by atoms with van der Waals surface area (Å²) in [6.45, 7) is 13.0. The third-order valence-corrected chi connectivity index (χ3v) is 6.07. The van der Waals surface area contributed by atoms with Gasteiger partial charge in [0.2, 0.25) is 0 Å². The van der Waals surface area contributed by atoms with E-state index in [1.165, 1.54) is 17.6 Å². The van der Waals surface area contributed by atoms with Gasteiger partial charge in [-0.05, 0) is 85.6 Å². The summed E-state index contributed by atoms with van der Waals surface area (Å²) in [5.41, 5.74) is 6.49. The zero-order valence-electron chi connectivity index (χ0n) is 19.2. The summed E-state index contributed by atoms with van der Waals surface area (Å²) in [5, 5.41) is 0. The van der Waals surface area contributed by atoms with E-state index in [2.05, 4.69) is 34.3 Å². The van der Waals surface area contributed by atoms with Crippen molar-refractivity contribution in [1.82, 2.24) is 0 Å². The van der Waals surface area contributed by atoms with Crippen molar-refractivity contribution in [2.24, 2.45) is 5.41 Å². The van der Waals surface area contributed by atoms with E-state index in [9.17, 15) is 4.79 Å². The number of esters is 1. The van der Waals surface area contributed by atoms with Gasteiger partial charge >= 0.3 is 5.97 Å². The van der Waals surface area contributed by atoms with Crippen molar-refractivity contribution in [3.05, 3.63) is 89.0 Å². The van der Waals surface area contributed by atoms with Crippen LogP contribution in [0.25, 0.3) is 5.57 Å². The van der Waals surface area contributed by atoms with Crippen LogP contribution in [0.2, 0.25) is 0 Å². The Morgan fingerprint density at radius 2 is 1.84 bits per heavy atom. The zero-order valence-corrected chi connectivity index (χ0v) is 19.2. The molecule has 3 heteroatoms. The Morgan fingerprint density at radius 1 is 1.13 bits per heavy atom. The maximum Gasteiger partial charge on any atom is 0.343 e. The highest BCUT2D eigenvalue weighted by Gasteiger charge is 2.33. The van der Waals surface area contributed by atoms with Crippen LogP contribution >= 0.6 is 0 Å². The number of hydrogen-bond donors (Lipinski definition) is 0. The second-order valence-corrected chi connectivity index (χ2v) is 8.77. The molecule has 3 nitrogen and oxygen atoms in total. The van der Waals surface area contributed by atoms with Crippen LogP contribution in [0, 0.1) is 5.41 Å². The van der Waals surface area contributed by atoms with Crippen LogP contribution < -0.4 is 9.47 Å².